The second-order valence-electron chi connectivity index (χ2n) is 4.35. The lowest BCUT2D eigenvalue weighted by atomic mass is 10.1. The van der Waals surface area contributed by atoms with Gasteiger partial charge in [-0.2, -0.15) is 0 Å². The molecule has 0 aromatic heterocycles. The van der Waals surface area contributed by atoms with Crippen molar-refractivity contribution in [3.8, 4) is 0 Å². The molecule has 1 heterocycles. The highest BCUT2D eigenvalue weighted by Gasteiger charge is 2.37. The molecule has 18 heavy (non-hydrogen) atoms. The van der Waals surface area contributed by atoms with Crippen molar-refractivity contribution in [3.05, 3.63) is 12.7 Å². The lowest BCUT2D eigenvalue weighted by molar-refractivity contribution is -0.154. The first-order valence-corrected chi connectivity index (χ1v) is 6.10. The smallest absolute Gasteiger partial charge is 0.302 e. The number of carbonyl (C=O) groups is 2. The fourth-order valence-corrected chi connectivity index (χ4v) is 1.97. The lowest BCUT2D eigenvalue weighted by Gasteiger charge is -2.17. The monoisotopic (exact) mass is 256 g/mol. The van der Waals surface area contributed by atoms with Gasteiger partial charge in [-0.15, -0.1) is 6.58 Å². The summed E-state index contributed by atoms with van der Waals surface area (Å²) in [5.41, 5.74) is 0. The van der Waals surface area contributed by atoms with Crippen molar-refractivity contribution in [1.29, 1.82) is 0 Å². The molecule has 5 heteroatoms. The van der Waals surface area contributed by atoms with Crippen LogP contribution in [-0.4, -0.2) is 36.9 Å². The molecule has 0 N–H and O–H groups in total. The summed E-state index contributed by atoms with van der Waals surface area (Å²) in [5, 5.41) is 0. The fraction of sp³-hybridized carbons (Fsp3) is 0.692. The van der Waals surface area contributed by atoms with Gasteiger partial charge < -0.3 is 14.2 Å². The molecule has 0 spiro atoms. The van der Waals surface area contributed by atoms with Gasteiger partial charge >= 0.3 is 11.9 Å². The number of ether oxygens (including phenoxy) is 3. The van der Waals surface area contributed by atoms with Crippen LogP contribution in [0.15, 0.2) is 12.7 Å². The molecule has 0 radical (unpaired) electrons. The summed E-state index contributed by atoms with van der Waals surface area (Å²) < 4.78 is 15.8. The predicted octanol–water partition coefficient (Wildman–Crippen LogP) is 1.60. The highest BCUT2D eigenvalue weighted by molar-refractivity contribution is 5.66. The van der Waals surface area contributed by atoms with E-state index in [1.54, 1.807) is 0 Å². The Labute approximate surface area is 107 Å². The van der Waals surface area contributed by atoms with Crippen molar-refractivity contribution in [3.63, 3.8) is 0 Å². The second kappa shape index (κ2) is 7.16. The molecule has 1 rings (SSSR count). The highest BCUT2D eigenvalue weighted by atomic mass is 16.6. The SMILES string of the molecule is C=CCC[C@@H]1C[C@H](OC(C)=O)[C@@H](COC(C)=O)O1. The van der Waals surface area contributed by atoms with E-state index in [9.17, 15) is 9.59 Å². The maximum absolute atomic E-state index is 11.0. The van der Waals surface area contributed by atoms with E-state index >= 15 is 0 Å². The third-order valence-corrected chi connectivity index (χ3v) is 2.74. The molecule has 3 atom stereocenters. The standard InChI is InChI=1S/C13H20O5/c1-4-5-6-11-7-12(17-10(3)15)13(18-11)8-16-9(2)14/h4,11-13H,1,5-8H2,2-3H3/t11-,12+,13-/m1/s1. The van der Waals surface area contributed by atoms with Gasteiger partial charge in [-0.3, -0.25) is 9.59 Å². The Bertz CT molecular complexity index is 313. The average Bonchev–Trinajstić information content (AvgIpc) is 2.65. The van der Waals surface area contributed by atoms with E-state index in [4.69, 9.17) is 14.2 Å². The minimum atomic E-state index is -0.368. The Morgan fingerprint density at radius 2 is 2.11 bits per heavy atom. The first-order valence-electron chi connectivity index (χ1n) is 6.10. The third-order valence-electron chi connectivity index (χ3n) is 2.74. The quantitative estimate of drug-likeness (QED) is 0.533. The Morgan fingerprint density at radius 1 is 1.39 bits per heavy atom. The second-order valence-corrected chi connectivity index (χ2v) is 4.35. The first kappa shape index (κ1) is 14.7. The average molecular weight is 256 g/mol. The van der Waals surface area contributed by atoms with Crippen molar-refractivity contribution in [2.24, 2.45) is 0 Å². The topological polar surface area (TPSA) is 61.8 Å². The minimum absolute atomic E-state index is 0.0212. The van der Waals surface area contributed by atoms with Gasteiger partial charge in [-0.25, -0.2) is 0 Å². The van der Waals surface area contributed by atoms with Gasteiger partial charge in [0.15, 0.2) is 0 Å². The summed E-state index contributed by atoms with van der Waals surface area (Å²) in [6.45, 7) is 6.48. The van der Waals surface area contributed by atoms with Crippen molar-refractivity contribution in [2.75, 3.05) is 6.61 Å². The largest absolute Gasteiger partial charge is 0.463 e. The minimum Gasteiger partial charge on any atom is -0.463 e. The Kier molecular flexibility index (Phi) is 5.85. The Hall–Kier alpha value is -1.36. The maximum Gasteiger partial charge on any atom is 0.302 e. The third kappa shape index (κ3) is 4.87. The lowest BCUT2D eigenvalue weighted by Crippen LogP contribution is -2.31. The molecule has 102 valence electrons. The van der Waals surface area contributed by atoms with Crippen LogP contribution in [-0.2, 0) is 23.8 Å². The van der Waals surface area contributed by atoms with Crippen molar-refractivity contribution >= 4 is 11.9 Å². The summed E-state index contributed by atoms with van der Waals surface area (Å²) in [4.78, 5) is 21.8. The van der Waals surface area contributed by atoms with Crippen LogP contribution in [0.2, 0.25) is 0 Å². The molecule has 5 nitrogen and oxygen atoms in total. The molecule has 1 saturated heterocycles. The van der Waals surface area contributed by atoms with Crippen LogP contribution in [0.4, 0.5) is 0 Å². The van der Waals surface area contributed by atoms with Gasteiger partial charge in [0.05, 0.1) is 6.10 Å². The number of hydrogen-bond donors (Lipinski definition) is 0. The molecule has 1 aliphatic heterocycles. The van der Waals surface area contributed by atoms with E-state index in [2.05, 4.69) is 6.58 Å². The van der Waals surface area contributed by atoms with Gasteiger partial charge in [0.25, 0.3) is 0 Å². The summed E-state index contributed by atoms with van der Waals surface area (Å²) in [6, 6.07) is 0. The van der Waals surface area contributed by atoms with Gasteiger partial charge in [0.1, 0.15) is 18.8 Å². The molecule has 1 fully saturated rings. The normalized spacial score (nSPS) is 26.7. The zero-order chi connectivity index (χ0) is 13.5. The molecular weight excluding hydrogens is 236 g/mol. The number of hydrogen-bond acceptors (Lipinski definition) is 5. The van der Waals surface area contributed by atoms with E-state index in [-0.39, 0.29) is 36.9 Å². The van der Waals surface area contributed by atoms with Gasteiger partial charge in [-0.05, 0) is 12.8 Å². The summed E-state index contributed by atoms with van der Waals surface area (Å²) in [6.07, 6.45) is 3.45. The van der Waals surface area contributed by atoms with E-state index < -0.39 is 0 Å². The first-order chi connectivity index (χ1) is 8.52. The molecular formula is C13H20O5. The number of allylic oxidation sites excluding steroid dienone is 1. The molecule has 0 aromatic rings. The zero-order valence-corrected chi connectivity index (χ0v) is 10.9. The molecule has 0 unspecified atom stereocenters. The molecule has 0 saturated carbocycles. The van der Waals surface area contributed by atoms with Crippen LogP contribution in [0, 0.1) is 0 Å². The van der Waals surface area contributed by atoms with Crippen molar-refractivity contribution in [2.45, 2.75) is 51.4 Å². The highest BCUT2D eigenvalue weighted by Crippen LogP contribution is 2.26. The molecule has 0 aromatic carbocycles. The van der Waals surface area contributed by atoms with Crippen molar-refractivity contribution < 1.29 is 23.8 Å². The van der Waals surface area contributed by atoms with Crippen LogP contribution >= 0.6 is 0 Å². The Balaban J connectivity index is 2.50. The summed E-state index contributed by atoms with van der Waals surface area (Å²) in [7, 11) is 0. The van der Waals surface area contributed by atoms with E-state index in [1.807, 2.05) is 6.08 Å². The van der Waals surface area contributed by atoms with E-state index in [0.29, 0.717) is 6.42 Å². The van der Waals surface area contributed by atoms with Crippen LogP contribution in [0.25, 0.3) is 0 Å². The zero-order valence-electron chi connectivity index (χ0n) is 10.9. The van der Waals surface area contributed by atoms with Gasteiger partial charge in [0.2, 0.25) is 0 Å². The number of esters is 2. The molecule has 0 bridgehead atoms. The summed E-state index contributed by atoms with van der Waals surface area (Å²) >= 11 is 0. The number of carbonyl (C=O) groups excluding carboxylic acids is 2. The predicted molar refractivity (Wildman–Crippen MR) is 64.9 cm³/mol. The summed E-state index contributed by atoms with van der Waals surface area (Å²) in [5.74, 6) is -0.712. The molecule has 0 aliphatic carbocycles. The van der Waals surface area contributed by atoms with Crippen LogP contribution < -0.4 is 0 Å². The van der Waals surface area contributed by atoms with Crippen LogP contribution in [0.3, 0.4) is 0 Å². The van der Waals surface area contributed by atoms with Crippen LogP contribution in [0.1, 0.15) is 33.1 Å². The Morgan fingerprint density at radius 3 is 2.67 bits per heavy atom. The van der Waals surface area contributed by atoms with Gasteiger partial charge in [0, 0.05) is 20.3 Å². The van der Waals surface area contributed by atoms with Crippen LogP contribution in [0.5, 0.6) is 0 Å². The number of rotatable bonds is 6. The fourth-order valence-electron chi connectivity index (χ4n) is 1.97. The van der Waals surface area contributed by atoms with Crippen molar-refractivity contribution in [1.82, 2.24) is 0 Å². The van der Waals surface area contributed by atoms with E-state index in [0.717, 1.165) is 12.8 Å². The molecule has 0 amide bonds. The molecule has 1 aliphatic rings. The van der Waals surface area contributed by atoms with Gasteiger partial charge in [-0.1, -0.05) is 6.08 Å². The maximum atomic E-state index is 11.0. The van der Waals surface area contributed by atoms with E-state index in [1.165, 1.54) is 13.8 Å².